The molecule has 0 fully saturated rings. The predicted molar refractivity (Wildman–Crippen MR) is 63.0 cm³/mol. The van der Waals surface area contributed by atoms with Crippen LogP contribution in [0.15, 0.2) is 12.3 Å². The van der Waals surface area contributed by atoms with E-state index in [9.17, 15) is 4.79 Å². The first kappa shape index (κ1) is 12.3. The lowest BCUT2D eigenvalue weighted by Gasteiger charge is -2.07. The van der Waals surface area contributed by atoms with E-state index >= 15 is 0 Å². The average molecular weight is 240 g/mol. The fourth-order valence-electron chi connectivity index (χ4n) is 1.05. The molecule has 0 atom stereocenters. The summed E-state index contributed by atoms with van der Waals surface area (Å²) in [6.07, 6.45) is 1.74. The maximum Gasteiger partial charge on any atom is 0.307 e. The van der Waals surface area contributed by atoms with Crippen LogP contribution in [0.5, 0.6) is 0 Å². The van der Waals surface area contributed by atoms with Crippen molar-refractivity contribution in [3.63, 3.8) is 0 Å². The molecule has 0 aliphatic rings. The van der Waals surface area contributed by atoms with E-state index < -0.39 is 0 Å². The highest BCUT2D eigenvalue weighted by Crippen LogP contribution is 2.09. The highest BCUT2D eigenvalue weighted by atomic mass is 32.1. The third kappa shape index (κ3) is 3.43. The van der Waals surface area contributed by atoms with Crippen molar-refractivity contribution in [1.82, 2.24) is 10.2 Å². The van der Waals surface area contributed by atoms with Crippen LogP contribution in [0.3, 0.4) is 0 Å². The van der Waals surface area contributed by atoms with Crippen LogP contribution in [0.25, 0.3) is 0 Å². The van der Waals surface area contributed by atoms with Crippen molar-refractivity contribution < 1.29 is 9.53 Å². The summed E-state index contributed by atoms with van der Waals surface area (Å²) in [5.41, 5.74) is 6.11. The number of nitrogens with two attached hydrogens (primary N) is 1. The number of aromatic nitrogens is 2. The van der Waals surface area contributed by atoms with Gasteiger partial charge in [-0.2, -0.15) is 5.10 Å². The molecular formula is C9H12N4O2S. The molecule has 0 aliphatic carbocycles. The molecule has 1 aromatic rings. The van der Waals surface area contributed by atoms with Crippen LogP contribution in [0.2, 0.25) is 0 Å². The van der Waals surface area contributed by atoms with Gasteiger partial charge in [-0.25, -0.2) is 0 Å². The van der Waals surface area contributed by atoms with E-state index in [4.69, 9.17) is 18.0 Å². The van der Waals surface area contributed by atoms with Gasteiger partial charge < -0.3 is 15.8 Å². The molecule has 86 valence electrons. The monoisotopic (exact) mass is 240 g/mol. The highest BCUT2D eigenvalue weighted by Gasteiger charge is 2.07. The van der Waals surface area contributed by atoms with Gasteiger partial charge in [0.05, 0.1) is 25.3 Å². The largest absolute Gasteiger partial charge is 0.469 e. The van der Waals surface area contributed by atoms with Crippen LogP contribution in [0.1, 0.15) is 12.0 Å². The lowest BCUT2D eigenvalue weighted by Crippen LogP contribution is -2.17. The second kappa shape index (κ2) is 5.96. The summed E-state index contributed by atoms with van der Waals surface area (Å²) >= 11 is 4.85. The Morgan fingerprint density at radius 2 is 2.44 bits per heavy atom. The first-order valence-corrected chi connectivity index (χ1v) is 4.98. The summed E-state index contributed by atoms with van der Waals surface area (Å²) in [4.78, 5) is 11.1. The molecule has 0 radical (unpaired) electrons. The summed E-state index contributed by atoms with van der Waals surface area (Å²) in [5, 5.41) is 10.5. The van der Waals surface area contributed by atoms with Crippen LogP contribution >= 0.6 is 12.2 Å². The van der Waals surface area contributed by atoms with Crippen molar-refractivity contribution in [2.24, 2.45) is 5.73 Å². The normalized spacial score (nSPS) is 9.56. The topological polar surface area (TPSA) is 90.1 Å². The molecule has 0 aliphatic heterocycles. The SMILES string of the molecule is COC(=O)CCNc1nnccc1C(N)=S. The molecule has 0 saturated carbocycles. The van der Waals surface area contributed by atoms with Gasteiger partial charge in [-0.15, -0.1) is 5.10 Å². The first-order valence-electron chi connectivity index (χ1n) is 4.57. The zero-order valence-corrected chi connectivity index (χ0v) is 9.58. The van der Waals surface area contributed by atoms with Gasteiger partial charge in [0.25, 0.3) is 0 Å². The van der Waals surface area contributed by atoms with E-state index in [1.54, 1.807) is 6.07 Å². The van der Waals surface area contributed by atoms with Crippen molar-refractivity contribution in [3.05, 3.63) is 17.8 Å². The molecule has 1 rings (SSSR count). The lowest BCUT2D eigenvalue weighted by molar-refractivity contribution is -0.140. The number of carbonyl (C=O) groups excluding carboxylic acids is 1. The summed E-state index contributed by atoms with van der Waals surface area (Å²) in [5.74, 6) is 0.173. The van der Waals surface area contributed by atoms with Gasteiger partial charge >= 0.3 is 5.97 Å². The second-order valence-electron chi connectivity index (χ2n) is 2.91. The van der Waals surface area contributed by atoms with Crippen LogP contribution in [0.4, 0.5) is 5.82 Å². The number of nitrogens with one attached hydrogen (secondary N) is 1. The Morgan fingerprint density at radius 1 is 1.69 bits per heavy atom. The molecule has 7 heteroatoms. The van der Waals surface area contributed by atoms with Crippen LogP contribution < -0.4 is 11.1 Å². The number of thiocarbonyl (C=S) groups is 1. The molecule has 0 bridgehead atoms. The molecule has 0 spiro atoms. The zero-order valence-electron chi connectivity index (χ0n) is 8.77. The van der Waals surface area contributed by atoms with Crippen molar-refractivity contribution in [3.8, 4) is 0 Å². The Morgan fingerprint density at radius 3 is 3.06 bits per heavy atom. The summed E-state index contributed by atoms with van der Waals surface area (Å²) in [6.45, 7) is 0.390. The minimum atomic E-state index is -0.298. The number of ether oxygens (including phenoxy) is 1. The van der Waals surface area contributed by atoms with Gasteiger partial charge in [-0.05, 0) is 6.07 Å². The molecular weight excluding hydrogens is 228 g/mol. The predicted octanol–water partition coefficient (Wildman–Crippen LogP) is 0.0858. The van der Waals surface area contributed by atoms with E-state index in [1.165, 1.54) is 13.3 Å². The first-order chi connectivity index (χ1) is 7.65. The molecule has 1 aromatic heterocycles. The van der Waals surface area contributed by atoms with Crippen molar-refractivity contribution in [2.45, 2.75) is 6.42 Å². The van der Waals surface area contributed by atoms with E-state index in [0.29, 0.717) is 17.9 Å². The van der Waals surface area contributed by atoms with E-state index in [1.807, 2.05) is 0 Å². The third-order valence-electron chi connectivity index (χ3n) is 1.84. The van der Waals surface area contributed by atoms with Gasteiger partial charge in [0.15, 0.2) is 5.82 Å². The van der Waals surface area contributed by atoms with E-state index in [0.717, 1.165) is 0 Å². The summed E-state index contributed by atoms with van der Waals surface area (Å²) < 4.78 is 4.50. The van der Waals surface area contributed by atoms with Gasteiger partial charge in [0, 0.05) is 6.54 Å². The molecule has 3 N–H and O–H groups in total. The zero-order chi connectivity index (χ0) is 12.0. The molecule has 16 heavy (non-hydrogen) atoms. The van der Waals surface area contributed by atoms with Crippen molar-refractivity contribution >= 4 is 29.0 Å². The number of hydrogen-bond acceptors (Lipinski definition) is 6. The van der Waals surface area contributed by atoms with Crippen LogP contribution in [-0.2, 0) is 9.53 Å². The molecule has 1 heterocycles. The summed E-state index contributed by atoms with van der Waals surface area (Å²) in [7, 11) is 1.34. The number of anilines is 1. The minimum absolute atomic E-state index is 0.232. The van der Waals surface area contributed by atoms with Crippen LogP contribution in [-0.4, -0.2) is 34.8 Å². The van der Waals surface area contributed by atoms with Gasteiger partial charge in [0.2, 0.25) is 0 Å². The molecule has 6 nitrogen and oxygen atoms in total. The third-order valence-corrected chi connectivity index (χ3v) is 2.06. The second-order valence-corrected chi connectivity index (χ2v) is 3.35. The minimum Gasteiger partial charge on any atom is -0.469 e. The van der Waals surface area contributed by atoms with Crippen molar-refractivity contribution in [1.29, 1.82) is 0 Å². The standard InChI is InChI=1S/C9H12N4O2S/c1-15-7(14)3-4-11-9-6(8(10)16)2-5-12-13-9/h2,5H,3-4H2,1H3,(H2,10,16)(H,11,13). The molecule has 0 saturated heterocycles. The maximum atomic E-state index is 10.9. The van der Waals surface area contributed by atoms with Gasteiger partial charge in [-0.1, -0.05) is 12.2 Å². The molecule has 0 unspecified atom stereocenters. The van der Waals surface area contributed by atoms with Crippen LogP contribution in [0, 0.1) is 0 Å². The Bertz CT molecular complexity index is 397. The van der Waals surface area contributed by atoms with Crippen molar-refractivity contribution in [2.75, 3.05) is 19.0 Å². The Balaban J connectivity index is 2.60. The number of carbonyl (C=O) groups is 1. The molecule has 0 amide bonds. The Kier molecular flexibility index (Phi) is 4.59. The molecule has 0 aromatic carbocycles. The fourth-order valence-corrected chi connectivity index (χ4v) is 1.21. The average Bonchev–Trinajstić information content (AvgIpc) is 2.29. The number of rotatable bonds is 5. The smallest absolute Gasteiger partial charge is 0.307 e. The Hall–Kier alpha value is -1.76. The fraction of sp³-hybridized carbons (Fsp3) is 0.333. The van der Waals surface area contributed by atoms with E-state index in [-0.39, 0.29) is 17.4 Å². The number of nitrogens with zero attached hydrogens (tertiary/aromatic N) is 2. The quantitative estimate of drug-likeness (QED) is 0.556. The number of methoxy groups -OCH3 is 1. The van der Waals surface area contributed by atoms with Gasteiger partial charge in [0.1, 0.15) is 4.99 Å². The number of hydrogen-bond donors (Lipinski definition) is 2. The lowest BCUT2D eigenvalue weighted by atomic mass is 10.3. The van der Waals surface area contributed by atoms with E-state index in [2.05, 4.69) is 20.3 Å². The maximum absolute atomic E-state index is 10.9. The Labute approximate surface area is 98.2 Å². The van der Waals surface area contributed by atoms with Gasteiger partial charge in [-0.3, -0.25) is 4.79 Å². The highest BCUT2D eigenvalue weighted by molar-refractivity contribution is 7.80. The summed E-state index contributed by atoms with van der Waals surface area (Å²) in [6, 6.07) is 1.66. The number of esters is 1.